The summed E-state index contributed by atoms with van der Waals surface area (Å²) < 4.78 is 5.22. The Hall–Kier alpha value is -1.66. The molecule has 2 aromatic rings. The molecule has 2 aliphatic heterocycles. The number of nitrogens with zero attached hydrogens (tertiary/aromatic N) is 3. The van der Waals surface area contributed by atoms with Gasteiger partial charge < -0.3 is 14.7 Å². The van der Waals surface area contributed by atoms with Crippen molar-refractivity contribution >= 4 is 29.4 Å². The monoisotopic (exact) mass is 322 g/mol. The fourth-order valence-corrected chi connectivity index (χ4v) is 3.58. The van der Waals surface area contributed by atoms with E-state index in [2.05, 4.69) is 15.5 Å². The average Bonchev–Trinajstić information content (AvgIpc) is 3.11. The Morgan fingerprint density at radius 1 is 1.32 bits per heavy atom. The van der Waals surface area contributed by atoms with Crippen LogP contribution in [0, 0.1) is 25.7 Å². The van der Waals surface area contributed by atoms with E-state index in [1.54, 1.807) is 0 Å². The molecule has 2 fully saturated rings. The van der Waals surface area contributed by atoms with Crippen molar-refractivity contribution in [3.63, 3.8) is 0 Å². The first kappa shape index (κ1) is 15.2. The summed E-state index contributed by atoms with van der Waals surface area (Å²) in [6, 6.07) is 1.85. The highest BCUT2D eigenvalue weighted by Gasteiger charge is 2.38. The molecule has 0 unspecified atom stereocenters. The normalized spacial score (nSPS) is 23.6. The largest absolute Gasteiger partial charge is 0.338 e. The van der Waals surface area contributed by atoms with Gasteiger partial charge in [-0.2, -0.15) is 0 Å². The molecule has 2 atom stereocenters. The highest BCUT2D eigenvalue weighted by molar-refractivity contribution is 6.06. The van der Waals surface area contributed by atoms with Crippen molar-refractivity contribution in [1.29, 1.82) is 0 Å². The van der Waals surface area contributed by atoms with Crippen molar-refractivity contribution in [3.05, 3.63) is 23.0 Å². The minimum Gasteiger partial charge on any atom is -0.338 e. The third kappa shape index (κ3) is 2.27. The van der Waals surface area contributed by atoms with Crippen LogP contribution in [0.2, 0.25) is 0 Å². The SMILES string of the molecule is Cc1cc(C(=O)N2C[C@H]3CNC[C@H]3C2)c2c(C)noc2n1.Cl. The highest BCUT2D eigenvalue weighted by Crippen LogP contribution is 2.29. The predicted molar refractivity (Wildman–Crippen MR) is 84.3 cm³/mol. The molecular weight excluding hydrogens is 304 g/mol. The van der Waals surface area contributed by atoms with Crippen LogP contribution in [0.3, 0.4) is 0 Å². The molecule has 7 heteroatoms. The minimum atomic E-state index is 0. The van der Waals surface area contributed by atoms with Gasteiger partial charge >= 0.3 is 0 Å². The van der Waals surface area contributed by atoms with Crippen molar-refractivity contribution in [1.82, 2.24) is 20.4 Å². The summed E-state index contributed by atoms with van der Waals surface area (Å²) in [6.07, 6.45) is 0. The summed E-state index contributed by atoms with van der Waals surface area (Å²) in [5, 5.41) is 8.09. The second-order valence-corrected chi connectivity index (χ2v) is 6.15. The molecule has 2 aromatic heterocycles. The predicted octanol–water partition coefficient (Wildman–Crippen LogP) is 1.55. The van der Waals surface area contributed by atoms with Crippen molar-refractivity contribution in [2.24, 2.45) is 11.8 Å². The van der Waals surface area contributed by atoms with Crippen LogP contribution < -0.4 is 5.32 Å². The second kappa shape index (κ2) is 5.52. The first-order chi connectivity index (χ1) is 10.1. The standard InChI is InChI=1S/C15H18N4O2.ClH/c1-8-3-12(13-9(2)18-21-14(13)17-8)15(20)19-6-10-4-16-5-11(10)7-19;/h3,10-11,16H,4-7H2,1-2H3;1H/t10-,11+;. The number of amides is 1. The molecule has 1 amide bonds. The Morgan fingerprint density at radius 3 is 2.68 bits per heavy atom. The number of carbonyl (C=O) groups is 1. The summed E-state index contributed by atoms with van der Waals surface area (Å²) >= 11 is 0. The van der Waals surface area contributed by atoms with Crippen LogP contribution >= 0.6 is 12.4 Å². The number of halogens is 1. The Labute approximate surface area is 134 Å². The number of nitrogens with one attached hydrogen (secondary N) is 1. The number of aryl methyl sites for hydroxylation is 2. The Kier molecular flexibility index (Phi) is 3.82. The van der Waals surface area contributed by atoms with E-state index in [0.29, 0.717) is 23.1 Å². The molecule has 6 nitrogen and oxygen atoms in total. The Morgan fingerprint density at radius 2 is 2.00 bits per heavy atom. The van der Waals surface area contributed by atoms with Crippen LogP contribution in [-0.2, 0) is 0 Å². The lowest BCUT2D eigenvalue weighted by atomic mass is 10.0. The van der Waals surface area contributed by atoms with Crippen LogP contribution in [0.5, 0.6) is 0 Å². The maximum absolute atomic E-state index is 12.9. The lowest BCUT2D eigenvalue weighted by Crippen LogP contribution is -2.32. The Bertz CT molecular complexity index is 718. The van der Waals surface area contributed by atoms with E-state index in [4.69, 9.17) is 4.52 Å². The van der Waals surface area contributed by atoms with Gasteiger partial charge in [0.25, 0.3) is 11.6 Å². The topological polar surface area (TPSA) is 71.3 Å². The molecule has 1 N–H and O–H groups in total. The molecule has 0 radical (unpaired) electrons. The first-order valence-electron chi connectivity index (χ1n) is 7.37. The van der Waals surface area contributed by atoms with E-state index in [1.807, 2.05) is 24.8 Å². The van der Waals surface area contributed by atoms with Gasteiger partial charge in [0.05, 0.1) is 16.6 Å². The van der Waals surface area contributed by atoms with E-state index in [1.165, 1.54) is 0 Å². The van der Waals surface area contributed by atoms with Crippen LogP contribution in [0.25, 0.3) is 11.1 Å². The smallest absolute Gasteiger partial charge is 0.258 e. The number of likely N-dealkylation sites (tertiary alicyclic amines) is 1. The van der Waals surface area contributed by atoms with Gasteiger partial charge in [-0.25, -0.2) is 4.98 Å². The number of pyridine rings is 1. The summed E-state index contributed by atoms with van der Waals surface area (Å²) in [4.78, 5) is 19.2. The van der Waals surface area contributed by atoms with Gasteiger partial charge in [-0.1, -0.05) is 5.16 Å². The fourth-order valence-electron chi connectivity index (χ4n) is 3.58. The number of fused-ring (bicyclic) bond motifs is 2. The van der Waals surface area contributed by atoms with E-state index in [0.717, 1.165) is 43.0 Å². The van der Waals surface area contributed by atoms with Crippen molar-refractivity contribution in [3.8, 4) is 0 Å². The zero-order valence-corrected chi connectivity index (χ0v) is 13.4. The van der Waals surface area contributed by atoms with Gasteiger partial charge in [0.15, 0.2) is 0 Å². The summed E-state index contributed by atoms with van der Waals surface area (Å²) in [6.45, 7) is 7.43. The minimum absolute atomic E-state index is 0. The van der Waals surface area contributed by atoms with E-state index >= 15 is 0 Å². The van der Waals surface area contributed by atoms with Crippen molar-refractivity contribution in [2.75, 3.05) is 26.2 Å². The van der Waals surface area contributed by atoms with E-state index in [9.17, 15) is 4.79 Å². The lowest BCUT2D eigenvalue weighted by Gasteiger charge is -2.18. The molecule has 0 bridgehead atoms. The van der Waals surface area contributed by atoms with Crippen LogP contribution in [0.4, 0.5) is 0 Å². The quantitative estimate of drug-likeness (QED) is 0.862. The number of hydrogen-bond acceptors (Lipinski definition) is 5. The number of carbonyl (C=O) groups excluding carboxylic acids is 1. The highest BCUT2D eigenvalue weighted by atomic mass is 35.5. The van der Waals surface area contributed by atoms with Gasteiger partial charge in [0.2, 0.25) is 0 Å². The van der Waals surface area contributed by atoms with Gasteiger partial charge in [0, 0.05) is 31.9 Å². The van der Waals surface area contributed by atoms with Crippen LogP contribution in [-0.4, -0.2) is 47.1 Å². The molecule has 4 rings (SSSR count). The number of rotatable bonds is 1. The zero-order chi connectivity index (χ0) is 14.6. The van der Waals surface area contributed by atoms with Gasteiger partial charge in [-0.05, 0) is 31.7 Å². The number of aromatic nitrogens is 2. The second-order valence-electron chi connectivity index (χ2n) is 6.15. The molecule has 0 spiro atoms. The average molecular weight is 323 g/mol. The molecule has 0 saturated carbocycles. The van der Waals surface area contributed by atoms with E-state index in [-0.39, 0.29) is 18.3 Å². The molecular formula is C15H19ClN4O2. The lowest BCUT2D eigenvalue weighted by molar-refractivity contribution is 0.0783. The van der Waals surface area contributed by atoms with Crippen molar-refractivity contribution in [2.45, 2.75) is 13.8 Å². The zero-order valence-electron chi connectivity index (χ0n) is 12.6. The van der Waals surface area contributed by atoms with Crippen LogP contribution in [0.15, 0.2) is 10.6 Å². The summed E-state index contributed by atoms with van der Waals surface area (Å²) in [5.74, 6) is 1.26. The maximum Gasteiger partial charge on any atom is 0.258 e. The van der Waals surface area contributed by atoms with Gasteiger partial charge in [-0.3, -0.25) is 4.79 Å². The maximum atomic E-state index is 12.9. The molecule has 2 aliphatic rings. The third-order valence-corrected chi connectivity index (χ3v) is 4.65. The van der Waals surface area contributed by atoms with Gasteiger partial charge in [-0.15, -0.1) is 12.4 Å². The number of hydrogen-bond donors (Lipinski definition) is 1. The molecule has 118 valence electrons. The third-order valence-electron chi connectivity index (χ3n) is 4.65. The van der Waals surface area contributed by atoms with E-state index < -0.39 is 0 Å². The fraction of sp³-hybridized carbons (Fsp3) is 0.533. The Balaban J connectivity index is 0.00000144. The van der Waals surface area contributed by atoms with Crippen molar-refractivity contribution < 1.29 is 9.32 Å². The molecule has 0 aromatic carbocycles. The summed E-state index contributed by atoms with van der Waals surface area (Å²) in [5.41, 5.74) is 2.63. The summed E-state index contributed by atoms with van der Waals surface area (Å²) in [7, 11) is 0. The first-order valence-corrected chi connectivity index (χ1v) is 7.37. The van der Waals surface area contributed by atoms with Gasteiger partial charge in [0.1, 0.15) is 0 Å². The molecule has 0 aliphatic carbocycles. The molecule has 2 saturated heterocycles. The molecule has 22 heavy (non-hydrogen) atoms. The molecule has 4 heterocycles. The van der Waals surface area contributed by atoms with Crippen LogP contribution in [0.1, 0.15) is 21.7 Å².